The molecule has 1 aromatic carbocycles. The summed E-state index contributed by atoms with van der Waals surface area (Å²) in [7, 11) is 0. The van der Waals surface area contributed by atoms with Gasteiger partial charge in [0, 0.05) is 6.07 Å². The summed E-state index contributed by atoms with van der Waals surface area (Å²) in [5.74, 6) is -0.374. The number of hydrogen-bond donors (Lipinski definition) is 2. The molecule has 1 aliphatic rings. The molecule has 0 aromatic heterocycles. The Labute approximate surface area is 79.5 Å². The highest BCUT2D eigenvalue weighted by molar-refractivity contribution is 5.73. The molecule has 14 heavy (non-hydrogen) atoms. The van der Waals surface area contributed by atoms with Gasteiger partial charge in [-0.05, 0) is 12.1 Å². The normalized spacial score (nSPS) is 19.0. The Balaban J connectivity index is 2.29. The predicted octanol–water partition coefficient (Wildman–Crippen LogP) is 0.617. The average molecular weight is 196 g/mol. The van der Waals surface area contributed by atoms with Crippen LogP contribution in [0.3, 0.4) is 0 Å². The number of carbonyl (C=O) groups is 1. The molecule has 0 unspecified atom stereocenters. The first-order chi connectivity index (χ1) is 6.66. The van der Waals surface area contributed by atoms with Gasteiger partial charge >= 0.3 is 5.97 Å². The average Bonchev–Trinajstić information content (AvgIpc) is 2.16. The van der Waals surface area contributed by atoms with E-state index in [0.29, 0.717) is 5.75 Å². The first-order valence-corrected chi connectivity index (χ1v) is 4.02. The molecule has 74 valence electrons. The minimum atomic E-state index is -1.08. The van der Waals surface area contributed by atoms with Gasteiger partial charge in [-0.2, -0.15) is 0 Å². The van der Waals surface area contributed by atoms with E-state index in [1.165, 1.54) is 18.2 Å². The molecule has 0 aliphatic carbocycles. The summed E-state index contributed by atoms with van der Waals surface area (Å²) >= 11 is 0. The molecule has 0 radical (unpaired) electrons. The number of benzene rings is 1. The van der Waals surface area contributed by atoms with Crippen molar-refractivity contribution in [2.45, 2.75) is 6.10 Å². The van der Waals surface area contributed by atoms with E-state index in [-0.39, 0.29) is 18.1 Å². The van der Waals surface area contributed by atoms with Gasteiger partial charge in [0.15, 0.2) is 11.5 Å². The van der Waals surface area contributed by atoms with Gasteiger partial charge in [-0.3, -0.25) is 0 Å². The fraction of sp³-hybridized carbons (Fsp3) is 0.222. The van der Waals surface area contributed by atoms with Crippen LogP contribution in [0, 0.1) is 0 Å². The summed E-state index contributed by atoms with van der Waals surface area (Å²) < 4.78 is 10.2. The van der Waals surface area contributed by atoms with Gasteiger partial charge in [0.25, 0.3) is 0 Å². The second-order valence-electron chi connectivity index (χ2n) is 2.89. The highest BCUT2D eigenvalue weighted by Crippen LogP contribution is 2.34. The monoisotopic (exact) mass is 196 g/mol. The van der Waals surface area contributed by atoms with Crippen molar-refractivity contribution in [3.63, 3.8) is 0 Å². The van der Waals surface area contributed by atoms with Crippen LogP contribution in [0.2, 0.25) is 0 Å². The maximum absolute atomic E-state index is 10.6. The summed E-state index contributed by atoms with van der Waals surface area (Å²) in [5.41, 5.74) is 0. The smallest absolute Gasteiger partial charge is 0.348 e. The third kappa shape index (κ3) is 1.44. The zero-order chi connectivity index (χ0) is 10.1. The third-order valence-electron chi connectivity index (χ3n) is 1.86. The van der Waals surface area contributed by atoms with Gasteiger partial charge in [0.1, 0.15) is 12.4 Å². The molecular formula is C9H8O5. The highest BCUT2D eigenvalue weighted by Gasteiger charge is 2.26. The Bertz CT molecular complexity index is 373. The molecule has 2 N–H and O–H groups in total. The van der Waals surface area contributed by atoms with Gasteiger partial charge in [-0.1, -0.05) is 0 Å². The maximum Gasteiger partial charge on any atom is 0.348 e. The number of ether oxygens (including phenoxy) is 2. The first-order valence-electron chi connectivity index (χ1n) is 4.02. The molecule has 0 saturated heterocycles. The van der Waals surface area contributed by atoms with Crippen LogP contribution in [0.1, 0.15) is 0 Å². The fourth-order valence-corrected chi connectivity index (χ4v) is 1.18. The van der Waals surface area contributed by atoms with Crippen LogP contribution < -0.4 is 9.47 Å². The lowest BCUT2D eigenvalue weighted by atomic mass is 10.2. The van der Waals surface area contributed by atoms with Crippen molar-refractivity contribution in [3.8, 4) is 17.2 Å². The molecule has 5 nitrogen and oxygen atoms in total. The summed E-state index contributed by atoms with van der Waals surface area (Å²) in [6, 6.07) is 4.30. The van der Waals surface area contributed by atoms with Crippen LogP contribution in [-0.2, 0) is 4.79 Å². The minimum absolute atomic E-state index is 0.0124. The van der Waals surface area contributed by atoms with Crippen molar-refractivity contribution in [2.75, 3.05) is 6.61 Å². The number of aromatic hydroxyl groups is 1. The molecule has 5 heteroatoms. The summed E-state index contributed by atoms with van der Waals surface area (Å²) in [6.45, 7) is -0.0207. The molecule has 1 atom stereocenters. The standard InChI is InChI=1S/C9H8O5/c10-5-1-2-6-7(3-5)14-8(4-13-6)9(11)12/h1-3,8,10H,4H2,(H,11,12)/t8-/m0/s1. The van der Waals surface area contributed by atoms with E-state index < -0.39 is 12.1 Å². The summed E-state index contributed by atoms with van der Waals surface area (Å²) in [6.07, 6.45) is -1.01. The van der Waals surface area contributed by atoms with Crippen molar-refractivity contribution < 1.29 is 24.5 Å². The summed E-state index contributed by atoms with van der Waals surface area (Å²) in [4.78, 5) is 10.6. The number of carboxylic acid groups (broad SMARTS) is 1. The molecule has 2 rings (SSSR count). The number of fused-ring (bicyclic) bond motifs is 1. The SMILES string of the molecule is O=C(O)[C@@H]1COc2ccc(O)cc2O1. The molecule has 0 amide bonds. The van der Waals surface area contributed by atoms with Crippen molar-refractivity contribution in [2.24, 2.45) is 0 Å². The molecular weight excluding hydrogens is 188 g/mol. The van der Waals surface area contributed by atoms with Crippen LogP contribution in [0.15, 0.2) is 18.2 Å². The number of rotatable bonds is 1. The summed E-state index contributed by atoms with van der Waals surface area (Å²) in [5, 5.41) is 17.8. The number of phenolic OH excluding ortho intramolecular Hbond substituents is 1. The Kier molecular flexibility index (Phi) is 1.92. The first kappa shape index (κ1) is 8.68. The molecule has 0 saturated carbocycles. The van der Waals surface area contributed by atoms with Gasteiger partial charge in [0.05, 0.1) is 0 Å². The Morgan fingerprint density at radius 3 is 2.93 bits per heavy atom. The topological polar surface area (TPSA) is 76.0 Å². The predicted molar refractivity (Wildman–Crippen MR) is 45.7 cm³/mol. The quantitative estimate of drug-likeness (QED) is 0.688. The zero-order valence-electron chi connectivity index (χ0n) is 7.14. The van der Waals surface area contributed by atoms with Crippen molar-refractivity contribution in [1.82, 2.24) is 0 Å². The van der Waals surface area contributed by atoms with Crippen LogP contribution >= 0.6 is 0 Å². The number of phenols is 1. The number of aliphatic carboxylic acids is 1. The van der Waals surface area contributed by atoms with Gasteiger partial charge in [-0.15, -0.1) is 0 Å². The van der Waals surface area contributed by atoms with Gasteiger partial charge in [-0.25, -0.2) is 4.79 Å². The van der Waals surface area contributed by atoms with E-state index in [4.69, 9.17) is 19.7 Å². The Morgan fingerprint density at radius 2 is 2.21 bits per heavy atom. The van der Waals surface area contributed by atoms with Crippen molar-refractivity contribution in [3.05, 3.63) is 18.2 Å². The number of hydrogen-bond acceptors (Lipinski definition) is 4. The molecule has 0 fully saturated rings. The van der Waals surface area contributed by atoms with E-state index >= 15 is 0 Å². The third-order valence-corrected chi connectivity index (χ3v) is 1.86. The second-order valence-corrected chi connectivity index (χ2v) is 2.89. The van der Waals surface area contributed by atoms with E-state index in [2.05, 4.69) is 0 Å². The molecule has 1 heterocycles. The molecule has 1 aromatic rings. The fourth-order valence-electron chi connectivity index (χ4n) is 1.18. The van der Waals surface area contributed by atoms with Crippen LogP contribution in [0.5, 0.6) is 17.2 Å². The Hall–Kier alpha value is -1.91. The largest absolute Gasteiger partial charge is 0.508 e. The zero-order valence-corrected chi connectivity index (χ0v) is 7.14. The van der Waals surface area contributed by atoms with E-state index in [0.717, 1.165) is 0 Å². The number of carboxylic acids is 1. The lowest BCUT2D eigenvalue weighted by Crippen LogP contribution is -2.36. The lowest BCUT2D eigenvalue weighted by molar-refractivity contribution is -0.147. The lowest BCUT2D eigenvalue weighted by Gasteiger charge is -2.23. The van der Waals surface area contributed by atoms with E-state index in [9.17, 15) is 4.79 Å². The van der Waals surface area contributed by atoms with Gasteiger partial charge < -0.3 is 19.7 Å². The van der Waals surface area contributed by atoms with E-state index in [1.807, 2.05) is 0 Å². The minimum Gasteiger partial charge on any atom is -0.508 e. The molecule has 0 bridgehead atoms. The van der Waals surface area contributed by atoms with Gasteiger partial charge in [0.2, 0.25) is 6.10 Å². The second kappa shape index (κ2) is 3.10. The highest BCUT2D eigenvalue weighted by atomic mass is 16.6. The maximum atomic E-state index is 10.6. The van der Waals surface area contributed by atoms with Crippen molar-refractivity contribution >= 4 is 5.97 Å². The Morgan fingerprint density at radius 1 is 1.43 bits per heavy atom. The van der Waals surface area contributed by atoms with Crippen LogP contribution in [-0.4, -0.2) is 28.9 Å². The van der Waals surface area contributed by atoms with E-state index in [1.54, 1.807) is 0 Å². The van der Waals surface area contributed by atoms with Crippen LogP contribution in [0.4, 0.5) is 0 Å². The molecule has 1 aliphatic heterocycles. The molecule has 0 spiro atoms. The van der Waals surface area contributed by atoms with Crippen molar-refractivity contribution in [1.29, 1.82) is 0 Å². The van der Waals surface area contributed by atoms with Crippen LogP contribution in [0.25, 0.3) is 0 Å².